The summed E-state index contributed by atoms with van der Waals surface area (Å²) in [4.78, 5) is 2.47. The van der Waals surface area contributed by atoms with Crippen LogP contribution in [-0.4, -0.2) is 42.3 Å². The Morgan fingerprint density at radius 2 is 2.25 bits per heavy atom. The van der Waals surface area contributed by atoms with E-state index in [1.807, 2.05) is 25.1 Å². The van der Waals surface area contributed by atoms with Gasteiger partial charge in [0.15, 0.2) is 11.5 Å². The summed E-state index contributed by atoms with van der Waals surface area (Å²) in [5.41, 5.74) is 0.907. The highest BCUT2D eigenvalue weighted by atomic mass is 16.5. The molecule has 1 heterocycles. The molecule has 20 heavy (non-hydrogen) atoms. The second kappa shape index (κ2) is 7.50. The lowest BCUT2D eigenvalue weighted by atomic mass is 10.1. The van der Waals surface area contributed by atoms with E-state index < -0.39 is 0 Å². The smallest absolute Gasteiger partial charge is 0.162 e. The van der Waals surface area contributed by atoms with Gasteiger partial charge in [0, 0.05) is 24.7 Å². The van der Waals surface area contributed by atoms with Crippen LogP contribution in [0, 0.1) is 0 Å². The van der Waals surface area contributed by atoms with E-state index in [1.165, 1.54) is 19.4 Å². The predicted octanol–water partition coefficient (Wildman–Crippen LogP) is 2.36. The van der Waals surface area contributed by atoms with Gasteiger partial charge < -0.3 is 20.1 Å². The standard InChI is InChI=1S/C16H26N2O2/c1-3-18-10-6-8-14(12-18)17-11-13-7-5-9-15(16(13)19)20-4-2/h5,7,9,14,17,19H,3-4,6,8,10-12H2,1-2H3. The zero-order valence-electron chi connectivity index (χ0n) is 12.6. The highest BCUT2D eigenvalue weighted by Crippen LogP contribution is 2.29. The van der Waals surface area contributed by atoms with Crippen LogP contribution < -0.4 is 10.1 Å². The molecule has 0 aromatic heterocycles. The molecule has 0 bridgehead atoms. The number of phenols is 1. The van der Waals surface area contributed by atoms with Gasteiger partial charge in [0.1, 0.15) is 0 Å². The number of benzene rings is 1. The van der Waals surface area contributed by atoms with E-state index in [-0.39, 0.29) is 5.75 Å². The van der Waals surface area contributed by atoms with Crippen molar-refractivity contribution >= 4 is 0 Å². The van der Waals surface area contributed by atoms with Crippen molar-refractivity contribution in [3.05, 3.63) is 23.8 Å². The van der Waals surface area contributed by atoms with Crippen molar-refractivity contribution in [1.82, 2.24) is 10.2 Å². The number of likely N-dealkylation sites (tertiary alicyclic amines) is 1. The van der Waals surface area contributed by atoms with Crippen molar-refractivity contribution in [1.29, 1.82) is 0 Å². The van der Waals surface area contributed by atoms with Crippen molar-refractivity contribution in [2.75, 3.05) is 26.2 Å². The number of aromatic hydroxyl groups is 1. The molecule has 0 amide bonds. The number of nitrogens with zero attached hydrogens (tertiary/aromatic N) is 1. The van der Waals surface area contributed by atoms with E-state index in [1.54, 1.807) is 0 Å². The van der Waals surface area contributed by atoms with Crippen molar-refractivity contribution in [3.63, 3.8) is 0 Å². The highest BCUT2D eigenvalue weighted by Gasteiger charge is 2.18. The summed E-state index contributed by atoms with van der Waals surface area (Å²) in [6.07, 6.45) is 2.46. The van der Waals surface area contributed by atoms with Crippen molar-refractivity contribution in [2.24, 2.45) is 0 Å². The molecule has 2 N–H and O–H groups in total. The Morgan fingerprint density at radius 1 is 1.40 bits per heavy atom. The molecule has 1 aromatic carbocycles. The van der Waals surface area contributed by atoms with Crippen LogP contribution in [0.4, 0.5) is 0 Å². The Balaban J connectivity index is 1.92. The molecule has 1 unspecified atom stereocenters. The van der Waals surface area contributed by atoms with Gasteiger partial charge in [0.2, 0.25) is 0 Å². The zero-order chi connectivity index (χ0) is 14.4. The molecule has 1 aliphatic heterocycles. The molecule has 1 atom stereocenters. The molecule has 112 valence electrons. The number of phenolic OH excluding ortho intramolecular Hbond substituents is 1. The van der Waals surface area contributed by atoms with Gasteiger partial charge in [-0.25, -0.2) is 0 Å². The molecule has 1 aliphatic rings. The number of rotatable bonds is 6. The largest absolute Gasteiger partial charge is 0.504 e. The normalized spacial score (nSPS) is 20.0. The van der Waals surface area contributed by atoms with Gasteiger partial charge in [-0.15, -0.1) is 0 Å². The van der Waals surface area contributed by atoms with E-state index in [9.17, 15) is 5.11 Å². The van der Waals surface area contributed by atoms with Gasteiger partial charge in [0.25, 0.3) is 0 Å². The number of hydrogen-bond donors (Lipinski definition) is 2. The maximum Gasteiger partial charge on any atom is 0.162 e. The number of para-hydroxylation sites is 1. The van der Waals surface area contributed by atoms with Gasteiger partial charge in [-0.3, -0.25) is 0 Å². The summed E-state index contributed by atoms with van der Waals surface area (Å²) in [5, 5.41) is 13.7. The fourth-order valence-corrected chi connectivity index (χ4v) is 2.75. The second-order valence-electron chi connectivity index (χ2n) is 5.31. The minimum absolute atomic E-state index is 0.269. The van der Waals surface area contributed by atoms with Gasteiger partial charge in [-0.1, -0.05) is 19.1 Å². The number of likely N-dealkylation sites (N-methyl/N-ethyl adjacent to an activating group) is 1. The molecular formula is C16H26N2O2. The molecule has 0 radical (unpaired) electrons. The number of nitrogens with one attached hydrogen (secondary N) is 1. The van der Waals surface area contributed by atoms with Crippen molar-refractivity contribution in [2.45, 2.75) is 39.3 Å². The summed E-state index contributed by atoms with van der Waals surface area (Å²) in [6.45, 7) is 8.81. The van der Waals surface area contributed by atoms with E-state index in [4.69, 9.17) is 4.74 Å². The summed E-state index contributed by atoms with van der Waals surface area (Å²) in [6, 6.07) is 6.20. The summed E-state index contributed by atoms with van der Waals surface area (Å²) in [5.74, 6) is 0.843. The minimum atomic E-state index is 0.269. The van der Waals surface area contributed by atoms with Crippen LogP contribution in [0.1, 0.15) is 32.3 Å². The van der Waals surface area contributed by atoms with Crippen LogP contribution in [0.2, 0.25) is 0 Å². The van der Waals surface area contributed by atoms with Crippen LogP contribution >= 0.6 is 0 Å². The molecule has 0 saturated carbocycles. The Labute approximate surface area is 121 Å². The lowest BCUT2D eigenvalue weighted by Crippen LogP contribution is -2.45. The van der Waals surface area contributed by atoms with E-state index in [0.717, 1.165) is 18.7 Å². The Morgan fingerprint density at radius 3 is 3.00 bits per heavy atom. The van der Waals surface area contributed by atoms with Gasteiger partial charge in [-0.05, 0) is 38.9 Å². The molecule has 1 fully saturated rings. The molecule has 4 nitrogen and oxygen atoms in total. The van der Waals surface area contributed by atoms with E-state index in [2.05, 4.69) is 17.1 Å². The van der Waals surface area contributed by atoms with Crippen LogP contribution in [0.5, 0.6) is 11.5 Å². The zero-order valence-corrected chi connectivity index (χ0v) is 12.6. The quantitative estimate of drug-likeness (QED) is 0.838. The number of hydrogen-bond acceptors (Lipinski definition) is 4. The van der Waals surface area contributed by atoms with Crippen LogP contribution in [0.3, 0.4) is 0 Å². The maximum atomic E-state index is 10.2. The number of ether oxygens (including phenoxy) is 1. The van der Waals surface area contributed by atoms with Crippen molar-refractivity contribution in [3.8, 4) is 11.5 Å². The number of piperidine rings is 1. The molecule has 0 aliphatic carbocycles. The lowest BCUT2D eigenvalue weighted by Gasteiger charge is -2.32. The molecular weight excluding hydrogens is 252 g/mol. The Bertz CT molecular complexity index is 423. The average molecular weight is 278 g/mol. The van der Waals surface area contributed by atoms with E-state index in [0.29, 0.717) is 24.9 Å². The molecule has 1 saturated heterocycles. The van der Waals surface area contributed by atoms with Crippen LogP contribution in [0.15, 0.2) is 18.2 Å². The second-order valence-corrected chi connectivity index (χ2v) is 5.31. The first-order valence-corrected chi connectivity index (χ1v) is 7.64. The van der Waals surface area contributed by atoms with E-state index >= 15 is 0 Å². The first kappa shape index (κ1) is 15.1. The third-order valence-corrected chi connectivity index (χ3v) is 3.92. The van der Waals surface area contributed by atoms with Crippen LogP contribution in [0.25, 0.3) is 0 Å². The highest BCUT2D eigenvalue weighted by molar-refractivity contribution is 5.45. The molecule has 4 heteroatoms. The van der Waals surface area contributed by atoms with Crippen LogP contribution in [-0.2, 0) is 6.54 Å². The van der Waals surface area contributed by atoms with Gasteiger partial charge in [-0.2, -0.15) is 0 Å². The maximum absolute atomic E-state index is 10.2. The minimum Gasteiger partial charge on any atom is -0.504 e. The first-order chi connectivity index (χ1) is 9.74. The lowest BCUT2D eigenvalue weighted by molar-refractivity contribution is 0.198. The van der Waals surface area contributed by atoms with Gasteiger partial charge in [0.05, 0.1) is 6.61 Å². The summed E-state index contributed by atoms with van der Waals surface area (Å²) >= 11 is 0. The SMILES string of the molecule is CCOc1cccc(CNC2CCCN(CC)C2)c1O. The monoisotopic (exact) mass is 278 g/mol. The third kappa shape index (κ3) is 3.87. The third-order valence-electron chi connectivity index (χ3n) is 3.92. The fraction of sp³-hybridized carbons (Fsp3) is 0.625. The molecule has 1 aromatic rings. The molecule has 0 spiro atoms. The Kier molecular flexibility index (Phi) is 5.68. The first-order valence-electron chi connectivity index (χ1n) is 7.64. The topological polar surface area (TPSA) is 44.7 Å². The molecule has 2 rings (SSSR count). The Hall–Kier alpha value is -1.26. The predicted molar refractivity (Wildman–Crippen MR) is 81.3 cm³/mol. The fourth-order valence-electron chi connectivity index (χ4n) is 2.75. The summed E-state index contributed by atoms with van der Waals surface area (Å²) in [7, 11) is 0. The average Bonchev–Trinajstić information content (AvgIpc) is 2.48. The summed E-state index contributed by atoms with van der Waals surface area (Å²) < 4.78 is 5.42. The van der Waals surface area contributed by atoms with Gasteiger partial charge >= 0.3 is 0 Å². The van der Waals surface area contributed by atoms with Crippen molar-refractivity contribution < 1.29 is 9.84 Å².